The maximum atomic E-state index is 12.3. The molecule has 0 bridgehead atoms. The van der Waals surface area contributed by atoms with Gasteiger partial charge in [0.2, 0.25) is 15.9 Å². The van der Waals surface area contributed by atoms with Crippen molar-refractivity contribution in [2.75, 3.05) is 17.1 Å². The zero-order chi connectivity index (χ0) is 18.7. The van der Waals surface area contributed by atoms with Crippen molar-refractivity contribution < 1.29 is 13.2 Å². The summed E-state index contributed by atoms with van der Waals surface area (Å²) in [4.78, 5) is 16.6. The van der Waals surface area contributed by atoms with Gasteiger partial charge in [-0.05, 0) is 31.2 Å². The molecule has 136 valence electrons. The minimum absolute atomic E-state index is 0.259. The summed E-state index contributed by atoms with van der Waals surface area (Å²) in [5.74, 6) is -0.387. The lowest BCUT2D eigenvalue weighted by Gasteiger charge is -2.22. The van der Waals surface area contributed by atoms with E-state index >= 15 is 0 Å². The van der Waals surface area contributed by atoms with Crippen molar-refractivity contribution in [3.8, 4) is 0 Å². The van der Waals surface area contributed by atoms with E-state index in [1.54, 1.807) is 18.3 Å². The molecular weight excluding hydrogens is 352 g/mol. The number of fused-ring (bicyclic) bond motifs is 1. The summed E-state index contributed by atoms with van der Waals surface area (Å²) in [5, 5.41) is 2.76. The Bertz CT molecular complexity index is 1030. The predicted molar refractivity (Wildman–Crippen MR) is 100 cm³/mol. The van der Waals surface area contributed by atoms with Crippen LogP contribution >= 0.6 is 0 Å². The summed E-state index contributed by atoms with van der Waals surface area (Å²) in [7, 11) is -3.58. The zero-order valence-electron chi connectivity index (χ0n) is 14.6. The second-order valence-corrected chi connectivity index (χ2v) is 7.97. The molecule has 0 saturated heterocycles. The van der Waals surface area contributed by atoms with E-state index in [2.05, 4.69) is 10.3 Å². The summed E-state index contributed by atoms with van der Waals surface area (Å²) in [6, 6.07) is 12.6. The van der Waals surface area contributed by atoms with E-state index in [0.717, 1.165) is 27.5 Å². The van der Waals surface area contributed by atoms with Crippen molar-refractivity contribution in [3.63, 3.8) is 0 Å². The van der Waals surface area contributed by atoms with E-state index < -0.39 is 10.0 Å². The predicted octanol–water partition coefficient (Wildman–Crippen LogP) is 1.73. The normalized spacial score (nSPS) is 11.5. The van der Waals surface area contributed by atoms with Gasteiger partial charge in [0.1, 0.15) is 12.2 Å². The summed E-state index contributed by atoms with van der Waals surface area (Å²) >= 11 is 0. The number of rotatable bonds is 6. The molecule has 7 nitrogen and oxygen atoms in total. The van der Waals surface area contributed by atoms with Gasteiger partial charge in [0.05, 0.1) is 30.4 Å². The number of nitrogens with one attached hydrogen (secondary N) is 1. The third-order valence-electron chi connectivity index (χ3n) is 3.97. The average molecular weight is 372 g/mol. The molecule has 0 aliphatic heterocycles. The molecule has 0 aliphatic rings. The van der Waals surface area contributed by atoms with Gasteiger partial charge in [-0.15, -0.1) is 0 Å². The van der Waals surface area contributed by atoms with Crippen LogP contribution in [0, 0.1) is 6.92 Å². The fourth-order valence-electron chi connectivity index (χ4n) is 2.60. The number of hydrogen-bond donors (Lipinski definition) is 1. The molecule has 26 heavy (non-hydrogen) atoms. The van der Waals surface area contributed by atoms with E-state index in [4.69, 9.17) is 0 Å². The number of hydrogen-bond acceptors (Lipinski definition) is 4. The van der Waals surface area contributed by atoms with Crippen LogP contribution in [-0.4, -0.2) is 36.5 Å². The largest absolute Gasteiger partial charge is 0.349 e. The van der Waals surface area contributed by atoms with Crippen molar-refractivity contribution in [1.82, 2.24) is 14.7 Å². The van der Waals surface area contributed by atoms with Crippen LogP contribution in [0.3, 0.4) is 0 Å². The lowest BCUT2D eigenvalue weighted by atomic mass is 10.2. The highest BCUT2D eigenvalue weighted by Crippen LogP contribution is 2.17. The van der Waals surface area contributed by atoms with Gasteiger partial charge in [-0.1, -0.05) is 23.8 Å². The second kappa shape index (κ2) is 7.17. The van der Waals surface area contributed by atoms with Gasteiger partial charge in [0.15, 0.2) is 0 Å². The number of carbonyl (C=O) groups is 1. The molecule has 0 saturated carbocycles. The quantitative estimate of drug-likeness (QED) is 0.714. The molecule has 0 unspecified atom stereocenters. The molecule has 0 aliphatic carbocycles. The Morgan fingerprint density at radius 1 is 1.19 bits per heavy atom. The Hall–Kier alpha value is -2.87. The first-order valence-corrected chi connectivity index (χ1v) is 9.91. The van der Waals surface area contributed by atoms with Crippen molar-refractivity contribution in [2.45, 2.75) is 13.5 Å². The lowest BCUT2D eigenvalue weighted by Crippen LogP contribution is -2.40. The number of carbonyl (C=O) groups excluding carboxylic acids is 1. The van der Waals surface area contributed by atoms with Gasteiger partial charge >= 0.3 is 0 Å². The monoisotopic (exact) mass is 372 g/mol. The van der Waals surface area contributed by atoms with Crippen LogP contribution < -0.4 is 9.62 Å². The van der Waals surface area contributed by atoms with Gasteiger partial charge in [0, 0.05) is 6.20 Å². The Morgan fingerprint density at radius 2 is 1.92 bits per heavy atom. The molecule has 0 spiro atoms. The lowest BCUT2D eigenvalue weighted by molar-refractivity contribution is -0.119. The van der Waals surface area contributed by atoms with E-state index in [1.165, 1.54) is 0 Å². The second-order valence-electron chi connectivity index (χ2n) is 6.06. The zero-order valence-corrected chi connectivity index (χ0v) is 15.4. The number of imidazole rings is 1. The molecule has 0 atom stereocenters. The van der Waals surface area contributed by atoms with Crippen molar-refractivity contribution in [1.29, 1.82) is 0 Å². The number of sulfonamides is 1. The first-order valence-electron chi connectivity index (χ1n) is 8.06. The Labute approximate surface area is 152 Å². The number of pyridine rings is 1. The number of aromatic nitrogens is 2. The summed E-state index contributed by atoms with van der Waals surface area (Å²) in [6.07, 6.45) is 4.63. The topological polar surface area (TPSA) is 83.8 Å². The molecule has 1 aromatic carbocycles. The third kappa shape index (κ3) is 4.02. The van der Waals surface area contributed by atoms with E-state index in [-0.39, 0.29) is 19.0 Å². The molecule has 2 aromatic heterocycles. The fourth-order valence-corrected chi connectivity index (χ4v) is 3.46. The highest BCUT2D eigenvalue weighted by Gasteiger charge is 2.20. The molecule has 2 heterocycles. The van der Waals surface area contributed by atoms with Crippen molar-refractivity contribution in [3.05, 3.63) is 66.1 Å². The molecule has 0 radical (unpaired) electrons. The summed E-state index contributed by atoms with van der Waals surface area (Å²) in [5.41, 5.74) is 3.08. The Morgan fingerprint density at radius 3 is 2.62 bits per heavy atom. The van der Waals surface area contributed by atoms with Crippen LogP contribution in [0.5, 0.6) is 0 Å². The average Bonchev–Trinajstić information content (AvgIpc) is 3.01. The van der Waals surface area contributed by atoms with Gasteiger partial charge in [0.25, 0.3) is 0 Å². The standard InChI is InChI=1S/C18H20N4O3S/c1-14-6-8-15(9-7-14)22(26(2,24)25)13-18(23)20-12-16-11-19-17-5-3-4-10-21(16)17/h3-11H,12-13H2,1-2H3,(H,20,23). The molecular formula is C18H20N4O3S. The highest BCUT2D eigenvalue weighted by atomic mass is 32.2. The third-order valence-corrected chi connectivity index (χ3v) is 5.11. The van der Waals surface area contributed by atoms with Crippen LogP contribution in [0.4, 0.5) is 5.69 Å². The molecule has 3 aromatic rings. The number of anilines is 1. The number of benzene rings is 1. The number of amides is 1. The van der Waals surface area contributed by atoms with Crippen LogP contribution in [0.15, 0.2) is 54.9 Å². The van der Waals surface area contributed by atoms with E-state index in [0.29, 0.717) is 5.69 Å². The minimum Gasteiger partial charge on any atom is -0.349 e. The number of aryl methyl sites for hydroxylation is 1. The van der Waals surface area contributed by atoms with Gasteiger partial charge in [-0.2, -0.15) is 0 Å². The minimum atomic E-state index is -3.58. The van der Waals surface area contributed by atoms with Crippen LogP contribution in [0.25, 0.3) is 5.65 Å². The van der Waals surface area contributed by atoms with Crippen LogP contribution in [0.1, 0.15) is 11.3 Å². The summed E-state index contributed by atoms with van der Waals surface area (Å²) in [6.45, 7) is 1.89. The number of nitrogens with zero attached hydrogens (tertiary/aromatic N) is 3. The molecule has 3 rings (SSSR count). The first kappa shape index (κ1) is 17.9. The maximum Gasteiger partial charge on any atom is 0.241 e. The maximum absolute atomic E-state index is 12.3. The molecule has 8 heteroatoms. The Balaban J connectivity index is 1.71. The molecule has 0 fully saturated rings. The molecule has 1 N–H and O–H groups in total. The smallest absolute Gasteiger partial charge is 0.241 e. The SMILES string of the molecule is Cc1ccc(N(CC(=O)NCc2cnc3ccccn23)S(C)(=O)=O)cc1. The van der Waals surface area contributed by atoms with Crippen LogP contribution in [-0.2, 0) is 21.4 Å². The van der Waals surface area contributed by atoms with Gasteiger partial charge in [-0.3, -0.25) is 9.10 Å². The Kier molecular flexibility index (Phi) is 4.94. The highest BCUT2D eigenvalue weighted by molar-refractivity contribution is 7.92. The fraction of sp³-hybridized carbons (Fsp3) is 0.222. The molecule has 1 amide bonds. The van der Waals surface area contributed by atoms with Crippen molar-refractivity contribution >= 4 is 27.3 Å². The van der Waals surface area contributed by atoms with E-state index in [9.17, 15) is 13.2 Å². The van der Waals surface area contributed by atoms with Crippen molar-refractivity contribution in [2.24, 2.45) is 0 Å². The van der Waals surface area contributed by atoms with Gasteiger partial charge < -0.3 is 9.72 Å². The first-order chi connectivity index (χ1) is 12.3. The summed E-state index contributed by atoms with van der Waals surface area (Å²) < 4.78 is 27.1. The van der Waals surface area contributed by atoms with Crippen LogP contribution in [0.2, 0.25) is 0 Å². The van der Waals surface area contributed by atoms with Gasteiger partial charge in [-0.25, -0.2) is 13.4 Å². The van der Waals surface area contributed by atoms with E-state index in [1.807, 2.05) is 47.9 Å².